The minimum absolute atomic E-state index is 0.0383. The molecule has 0 bridgehead atoms. The summed E-state index contributed by atoms with van der Waals surface area (Å²) in [6, 6.07) is 15.1. The maximum atomic E-state index is 14.6. The molecule has 41 heavy (non-hydrogen) atoms. The van der Waals surface area contributed by atoms with Gasteiger partial charge in [0, 0.05) is 18.7 Å². The van der Waals surface area contributed by atoms with Gasteiger partial charge in [-0.2, -0.15) is 0 Å². The number of carbonyl (C=O) groups is 2. The Morgan fingerprint density at radius 1 is 0.927 bits per heavy atom. The molecule has 3 rings (SSSR count). The molecular formula is C30H35F2N3O5S. The zero-order chi connectivity index (χ0) is 30.2. The van der Waals surface area contributed by atoms with Crippen LogP contribution in [-0.2, 0) is 26.2 Å². The van der Waals surface area contributed by atoms with Gasteiger partial charge < -0.3 is 15.0 Å². The van der Waals surface area contributed by atoms with Crippen molar-refractivity contribution >= 4 is 27.5 Å². The van der Waals surface area contributed by atoms with Crippen molar-refractivity contribution in [3.05, 3.63) is 90.0 Å². The van der Waals surface area contributed by atoms with Gasteiger partial charge in [0.25, 0.3) is 10.0 Å². The number of ether oxygens (including phenoxy) is 1. The lowest BCUT2D eigenvalue weighted by molar-refractivity contribution is -0.139. The fourth-order valence-electron chi connectivity index (χ4n) is 3.98. The molecule has 0 saturated heterocycles. The van der Waals surface area contributed by atoms with E-state index in [9.17, 15) is 26.8 Å². The molecule has 220 valence electrons. The number of hydrogen-bond donors (Lipinski definition) is 1. The number of carbonyl (C=O) groups excluding carboxylic acids is 2. The largest absolute Gasteiger partial charge is 0.494 e. The van der Waals surface area contributed by atoms with E-state index >= 15 is 0 Å². The van der Waals surface area contributed by atoms with Crippen molar-refractivity contribution in [2.24, 2.45) is 5.92 Å². The van der Waals surface area contributed by atoms with E-state index in [0.717, 1.165) is 21.3 Å². The molecule has 3 aromatic carbocycles. The van der Waals surface area contributed by atoms with Gasteiger partial charge in [-0.1, -0.05) is 32.0 Å². The summed E-state index contributed by atoms with van der Waals surface area (Å²) in [6.45, 7) is 6.88. The molecule has 0 radical (unpaired) electrons. The standard InChI is InChI=1S/C30H35F2N3O5S/c1-5-40-26-14-16-27(17-15-26)41(38,39)35(25-12-10-24(31)11-13-25)20-29(36)34(19-23-8-6-7-9-28(23)32)22(4)30(37)33-18-21(2)3/h6-17,21-22H,5,18-20H2,1-4H3,(H,33,37)/t22-/m0/s1. The van der Waals surface area contributed by atoms with Gasteiger partial charge in [-0.3, -0.25) is 13.9 Å². The predicted octanol–water partition coefficient (Wildman–Crippen LogP) is 4.75. The number of nitrogens with zero attached hydrogens (tertiary/aromatic N) is 2. The molecule has 1 N–H and O–H groups in total. The van der Waals surface area contributed by atoms with Gasteiger partial charge in [-0.15, -0.1) is 0 Å². The number of halogens is 2. The van der Waals surface area contributed by atoms with Crippen molar-refractivity contribution in [3.63, 3.8) is 0 Å². The topological polar surface area (TPSA) is 96.0 Å². The lowest BCUT2D eigenvalue weighted by Crippen LogP contribution is -2.51. The minimum Gasteiger partial charge on any atom is -0.494 e. The molecule has 2 amide bonds. The van der Waals surface area contributed by atoms with Crippen LogP contribution >= 0.6 is 0 Å². The number of nitrogens with one attached hydrogen (secondary N) is 1. The Morgan fingerprint density at radius 2 is 1.56 bits per heavy atom. The summed E-state index contributed by atoms with van der Waals surface area (Å²) in [5.41, 5.74) is 0.198. The van der Waals surface area contributed by atoms with E-state index in [1.807, 2.05) is 13.8 Å². The first-order chi connectivity index (χ1) is 19.4. The summed E-state index contributed by atoms with van der Waals surface area (Å²) >= 11 is 0. The first-order valence-electron chi connectivity index (χ1n) is 13.3. The average molecular weight is 588 g/mol. The lowest BCUT2D eigenvalue weighted by atomic mass is 10.1. The highest BCUT2D eigenvalue weighted by molar-refractivity contribution is 7.92. The molecule has 0 aliphatic rings. The fraction of sp³-hybridized carbons (Fsp3) is 0.333. The van der Waals surface area contributed by atoms with E-state index < -0.39 is 46.1 Å². The number of rotatable bonds is 13. The zero-order valence-electron chi connectivity index (χ0n) is 23.5. The Labute approximate surface area is 240 Å². The summed E-state index contributed by atoms with van der Waals surface area (Å²) in [6.07, 6.45) is 0. The van der Waals surface area contributed by atoms with Crippen molar-refractivity contribution in [3.8, 4) is 5.75 Å². The summed E-state index contributed by atoms with van der Waals surface area (Å²) < 4.78 is 62.2. The summed E-state index contributed by atoms with van der Waals surface area (Å²) in [4.78, 5) is 27.8. The molecule has 0 saturated carbocycles. The second-order valence-electron chi connectivity index (χ2n) is 9.82. The number of anilines is 1. The molecular weight excluding hydrogens is 552 g/mol. The Kier molecular flexibility index (Phi) is 10.8. The molecule has 8 nitrogen and oxygen atoms in total. The van der Waals surface area contributed by atoms with Gasteiger partial charge in [0.2, 0.25) is 11.8 Å². The highest BCUT2D eigenvalue weighted by Crippen LogP contribution is 2.26. The number of benzene rings is 3. The van der Waals surface area contributed by atoms with E-state index in [0.29, 0.717) is 18.9 Å². The smallest absolute Gasteiger partial charge is 0.264 e. The van der Waals surface area contributed by atoms with Crippen LogP contribution in [-0.4, -0.2) is 50.9 Å². The molecule has 0 aliphatic carbocycles. The molecule has 0 fully saturated rings. The highest BCUT2D eigenvalue weighted by atomic mass is 32.2. The quantitative estimate of drug-likeness (QED) is 0.312. The van der Waals surface area contributed by atoms with Crippen LogP contribution in [0.2, 0.25) is 0 Å². The van der Waals surface area contributed by atoms with Gasteiger partial charge in [-0.05, 0) is 74.4 Å². The molecule has 0 unspecified atom stereocenters. The van der Waals surface area contributed by atoms with Gasteiger partial charge >= 0.3 is 0 Å². The van der Waals surface area contributed by atoms with Gasteiger partial charge in [0.15, 0.2) is 0 Å². The predicted molar refractivity (Wildman–Crippen MR) is 153 cm³/mol. The van der Waals surface area contributed by atoms with E-state index in [1.54, 1.807) is 13.0 Å². The number of amides is 2. The maximum absolute atomic E-state index is 14.6. The molecule has 0 aromatic heterocycles. The van der Waals surface area contributed by atoms with Crippen LogP contribution in [0.1, 0.15) is 33.3 Å². The summed E-state index contributed by atoms with van der Waals surface area (Å²) in [5.74, 6) is -1.76. The van der Waals surface area contributed by atoms with Crippen LogP contribution in [0.25, 0.3) is 0 Å². The van der Waals surface area contributed by atoms with Crippen molar-refractivity contribution in [2.45, 2.75) is 45.2 Å². The monoisotopic (exact) mass is 587 g/mol. The number of sulfonamides is 1. The van der Waals surface area contributed by atoms with Crippen LogP contribution < -0.4 is 14.4 Å². The first kappa shape index (κ1) is 31.5. The normalized spacial score (nSPS) is 12.1. The van der Waals surface area contributed by atoms with E-state index in [-0.39, 0.29) is 28.6 Å². The van der Waals surface area contributed by atoms with Crippen LogP contribution in [0, 0.1) is 17.6 Å². The molecule has 0 spiro atoms. The van der Waals surface area contributed by atoms with Gasteiger partial charge in [-0.25, -0.2) is 17.2 Å². The van der Waals surface area contributed by atoms with Crippen molar-refractivity contribution in [2.75, 3.05) is 24.0 Å². The Balaban J connectivity index is 2.01. The van der Waals surface area contributed by atoms with Crippen LogP contribution in [0.15, 0.2) is 77.7 Å². The lowest BCUT2D eigenvalue weighted by Gasteiger charge is -2.32. The third kappa shape index (κ3) is 8.26. The maximum Gasteiger partial charge on any atom is 0.264 e. The number of hydrogen-bond acceptors (Lipinski definition) is 5. The summed E-state index contributed by atoms with van der Waals surface area (Å²) in [5, 5.41) is 2.77. The fourth-order valence-corrected chi connectivity index (χ4v) is 5.40. The second kappa shape index (κ2) is 14.1. The molecule has 3 aromatic rings. The van der Waals surface area contributed by atoms with Crippen LogP contribution in [0.4, 0.5) is 14.5 Å². The highest BCUT2D eigenvalue weighted by Gasteiger charge is 2.33. The third-order valence-corrected chi connectivity index (χ3v) is 8.05. The zero-order valence-corrected chi connectivity index (χ0v) is 24.3. The second-order valence-corrected chi connectivity index (χ2v) is 11.7. The van der Waals surface area contributed by atoms with Crippen molar-refractivity contribution < 1.29 is 31.5 Å². The van der Waals surface area contributed by atoms with Crippen molar-refractivity contribution in [1.29, 1.82) is 0 Å². The first-order valence-corrected chi connectivity index (χ1v) is 14.7. The van der Waals surface area contributed by atoms with Gasteiger partial charge in [0.05, 0.1) is 17.2 Å². The van der Waals surface area contributed by atoms with Gasteiger partial charge in [0.1, 0.15) is 30.0 Å². The Morgan fingerprint density at radius 3 is 2.15 bits per heavy atom. The SMILES string of the molecule is CCOc1ccc(S(=O)(=O)N(CC(=O)N(Cc2ccccc2F)[C@@H](C)C(=O)NCC(C)C)c2ccc(F)cc2)cc1. The average Bonchev–Trinajstić information content (AvgIpc) is 2.94. The summed E-state index contributed by atoms with van der Waals surface area (Å²) in [7, 11) is -4.34. The van der Waals surface area contributed by atoms with Crippen molar-refractivity contribution in [1.82, 2.24) is 10.2 Å². The van der Waals surface area contributed by atoms with Crippen LogP contribution in [0.3, 0.4) is 0 Å². The Bertz CT molecular complexity index is 1430. The van der Waals surface area contributed by atoms with Crippen LogP contribution in [0.5, 0.6) is 5.75 Å². The van der Waals surface area contributed by atoms with E-state index in [4.69, 9.17) is 4.74 Å². The molecule has 0 heterocycles. The minimum atomic E-state index is -4.34. The van der Waals surface area contributed by atoms with E-state index in [2.05, 4.69) is 5.32 Å². The molecule has 11 heteroatoms. The van der Waals surface area contributed by atoms with E-state index in [1.165, 1.54) is 61.5 Å². The third-order valence-electron chi connectivity index (χ3n) is 6.27. The Hall–Kier alpha value is -3.99. The molecule has 0 aliphatic heterocycles. The molecule has 1 atom stereocenters.